The summed E-state index contributed by atoms with van der Waals surface area (Å²) in [5.41, 5.74) is 2.03. The zero-order chi connectivity index (χ0) is 17.1. The Labute approximate surface area is 150 Å². The molecular formula is C18H17Cl2FN2O. The van der Waals surface area contributed by atoms with Gasteiger partial charge < -0.3 is 10.2 Å². The van der Waals surface area contributed by atoms with E-state index < -0.39 is 0 Å². The van der Waals surface area contributed by atoms with E-state index in [2.05, 4.69) is 5.32 Å². The van der Waals surface area contributed by atoms with Crippen LogP contribution in [0.1, 0.15) is 18.4 Å². The molecule has 1 aliphatic rings. The van der Waals surface area contributed by atoms with Crippen molar-refractivity contribution in [3.63, 3.8) is 0 Å². The predicted molar refractivity (Wildman–Crippen MR) is 96.6 cm³/mol. The molecule has 0 saturated heterocycles. The number of anilines is 2. The zero-order valence-corrected chi connectivity index (χ0v) is 14.5. The second-order valence-corrected chi connectivity index (χ2v) is 6.55. The summed E-state index contributed by atoms with van der Waals surface area (Å²) in [6.45, 7) is 1.19. The second kappa shape index (κ2) is 7.41. The third kappa shape index (κ3) is 3.65. The number of carbonyl (C=O) groups is 1. The van der Waals surface area contributed by atoms with E-state index in [1.54, 1.807) is 24.3 Å². The van der Waals surface area contributed by atoms with Gasteiger partial charge in [-0.1, -0.05) is 41.4 Å². The van der Waals surface area contributed by atoms with E-state index in [-0.39, 0.29) is 18.1 Å². The highest BCUT2D eigenvalue weighted by molar-refractivity contribution is 6.39. The van der Waals surface area contributed by atoms with Gasteiger partial charge in [0.2, 0.25) is 5.91 Å². The number of nitrogens with one attached hydrogen (secondary N) is 1. The number of hydrogen-bond donors (Lipinski definition) is 1. The van der Waals surface area contributed by atoms with Crippen molar-refractivity contribution in [3.8, 4) is 0 Å². The van der Waals surface area contributed by atoms with Crippen molar-refractivity contribution < 1.29 is 9.18 Å². The summed E-state index contributed by atoms with van der Waals surface area (Å²) in [5, 5.41) is 3.52. The lowest BCUT2D eigenvalue weighted by atomic mass is 10.0. The van der Waals surface area contributed by atoms with E-state index in [1.165, 1.54) is 6.07 Å². The number of fused-ring (bicyclic) bond motifs is 1. The zero-order valence-electron chi connectivity index (χ0n) is 13.0. The van der Waals surface area contributed by atoms with Crippen LogP contribution in [0.25, 0.3) is 0 Å². The molecule has 0 atom stereocenters. The predicted octanol–water partition coefficient (Wildman–Crippen LogP) is 4.91. The van der Waals surface area contributed by atoms with Crippen LogP contribution in [0.4, 0.5) is 15.8 Å². The molecule has 1 amide bonds. The first-order valence-corrected chi connectivity index (χ1v) is 8.58. The Bertz CT molecular complexity index is 746. The first-order valence-electron chi connectivity index (χ1n) is 7.82. The van der Waals surface area contributed by atoms with Gasteiger partial charge in [0.15, 0.2) is 0 Å². The van der Waals surface area contributed by atoms with E-state index in [9.17, 15) is 9.18 Å². The van der Waals surface area contributed by atoms with E-state index in [0.717, 1.165) is 24.9 Å². The molecule has 1 aliphatic heterocycles. The molecule has 0 spiro atoms. The number of para-hydroxylation sites is 2. The summed E-state index contributed by atoms with van der Waals surface area (Å²) < 4.78 is 14.1. The van der Waals surface area contributed by atoms with E-state index >= 15 is 0 Å². The summed E-state index contributed by atoms with van der Waals surface area (Å²) in [6.07, 6.45) is 2.05. The van der Waals surface area contributed by atoms with Gasteiger partial charge in [-0.2, -0.15) is 0 Å². The molecule has 0 aliphatic carbocycles. The Morgan fingerprint density at radius 1 is 1.17 bits per heavy atom. The number of rotatable bonds is 4. The largest absolute Gasteiger partial charge is 0.368 e. The number of hydrogen-bond acceptors (Lipinski definition) is 2. The van der Waals surface area contributed by atoms with Gasteiger partial charge in [0.25, 0.3) is 0 Å². The quantitative estimate of drug-likeness (QED) is 0.833. The molecule has 2 aromatic carbocycles. The monoisotopic (exact) mass is 366 g/mol. The van der Waals surface area contributed by atoms with Crippen LogP contribution in [0.5, 0.6) is 0 Å². The topological polar surface area (TPSA) is 32.3 Å². The molecule has 0 saturated carbocycles. The molecule has 0 unspecified atom stereocenters. The maximum atomic E-state index is 14.1. The normalized spacial score (nSPS) is 13.5. The SMILES string of the molecule is O=C(CCN1CCCc2cccc(F)c21)Nc1c(Cl)cccc1Cl. The molecule has 24 heavy (non-hydrogen) atoms. The standard InChI is InChI=1S/C18H17Cl2FN2O/c19-13-6-2-7-14(20)17(13)22-16(24)9-11-23-10-3-5-12-4-1-8-15(21)18(12)23/h1-2,4,6-8H,3,5,9-11H2,(H,22,24). The minimum Gasteiger partial charge on any atom is -0.368 e. The number of nitrogens with zero attached hydrogens (tertiary/aromatic N) is 1. The van der Waals surface area contributed by atoms with Gasteiger partial charge in [-0.3, -0.25) is 4.79 Å². The van der Waals surface area contributed by atoms with Crippen LogP contribution in [0.2, 0.25) is 10.0 Å². The molecule has 0 radical (unpaired) electrons. The third-order valence-electron chi connectivity index (χ3n) is 4.10. The molecule has 0 fully saturated rings. The van der Waals surface area contributed by atoms with Crippen molar-refractivity contribution in [2.45, 2.75) is 19.3 Å². The number of amides is 1. The number of carbonyl (C=O) groups excluding carboxylic acids is 1. The lowest BCUT2D eigenvalue weighted by Crippen LogP contribution is -2.33. The maximum absolute atomic E-state index is 14.1. The first-order chi connectivity index (χ1) is 11.6. The Kier molecular flexibility index (Phi) is 5.27. The van der Waals surface area contributed by atoms with Crippen LogP contribution in [-0.4, -0.2) is 19.0 Å². The fourth-order valence-electron chi connectivity index (χ4n) is 2.97. The fraction of sp³-hybridized carbons (Fsp3) is 0.278. The van der Waals surface area contributed by atoms with Gasteiger partial charge >= 0.3 is 0 Å². The average molecular weight is 367 g/mol. The molecule has 2 aromatic rings. The average Bonchev–Trinajstić information content (AvgIpc) is 2.56. The molecular weight excluding hydrogens is 350 g/mol. The van der Waals surface area contributed by atoms with Gasteiger partial charge in [-0.15, -0.1) is 0 Å². The Morgan fingerprint density at radius 2 is 1.88 bits per heavy atom. The van der Waals surface area contributed by atoms with Crippen LogP contribution in [0.15, 0.2) is 36.4 Å². The molecule has 3 rings (SSSR count). The maximum Gasteiger partial charge on any atom is 0.226 e. The van der Waals surface area contributed by atoms with Crippen LogP contribution in [-0.2, 0) is 11.2 Å². The minimum absolute atomic E-state index is 0.200. The molecule has 0 aromatic heterocycles. The molecule has 6 heteroatoms. The molecule has 0 bridgehead atoms. The Balaban J connectivity index is 1.66. The van der Waals surface area contributed by atoms with Crippen LogP contribution in [0, 0.1) is 5.82 Å². The van der Waals surface area contributed by atoms with Crippen molar-refractivity contribution in [1.29, 1.82) is 0 Å². The summed E-state index contributed by atoms with van der Waals surface area (Å²) in [5.74, 6) is -0.435. The van der Waals surface area contributed by atoms with Crippen molar-refractivity contribution >= 4 is 40.5 Å². The Hall–Kier alpha value is -1.78. The van der Waals surface area contributed by atoms with Crippen molar-refractivity contribution in [2.75, 3.05) is 23.3 Å². The van der Waals surface area contributed by atoms with Gasteiger partial charge in [-0.05, 0) is 36.6 Å². The van der Waals surface area contributed by atoms with Crippen LogP contribution in [0.3, 0.4) is 0 Å². The van der Waals surface area contributed by atoms with Gasteiger partial charge in [0, 0.05) is 19.5 Å². The Morgan fingerprint density at radius 3 is 2.62 bits per heavy atom. The van der Waals surface area contributed by atoms with Crippen molar-refractivity contribution in [1.82, 2.24) is 0 Å². The van der Waals surface area contributed by atoms with Gasteiger partial charge in [0.05, 0.1) is 21.4 Å². The highest BCUT2D eigenvalue weighted by Gasteiger charge is 2.21. The number of halogens is 3. The summed E-state index contributed by atoms with van der Waals surface area (Å²) in [6, 6.07) is 10.2. The molecule has 126 valence electrons. The lowest BCUT2D eigenvalue weighted by Gasteiger charge is -2.31. The van der Waals surface area contributed by atoms with Crippen molar-refractivity contribution in [3.05, 3.63) is 57.8 Å². The van der Waals surface area contributed by atoms with Crippen molar-refractivity contribution in [2.24, 2.45) is 0 Å². The highest BCUT2D eigenvalue weighted by Crippen LogP contribution is 2.31. The highest BCUT2D eigenvalue weighted by atomic mass is 35.5. The summed E-state index contributed by atoms with van der Waals surface area (Å²) >= 11 is 12.1. The van der Waals surface area contributed by atoms with Gasteiger partial charge in [0.1, 0.15) is 5.82 Å². The lowest BCUT2D eigenvalue weighted by molar-refractivity contribution is -0.116. The molecule has 3 nitrogen and oxygen atoms in total. The first kappa shape index (κ1) is 17.1. The molecule has 1 N–H and O–H groups in total. The summed E-state index contributed by atoms with van der Waals surface area (Å²) in [4.78, 5) is 14.1. The van der Waals surface area contributed by atoms with E-state index in [0.29, 0.717) is 28.0 Å². The van der Waals surface area contributed by atoms with Crippen LogP contribution >= 0.6 is 23.2 Å². The number of benzene rings is 2. The molecule has 1 heterocycles. The van der Waals surface area contributed by atoms with E-state index in [4.69, 9.17) is 23.2 Å². The van der Waals surface area contributed by atoms with Gasteiger partial charge in [-0.25, -0.2) is 4.39 Å². The van der Waals surface area contributed by atoms with E-state index in [1.807, 2.05) is 11.0 Å². The fourth-order valence-corrected chi connectivity index (χ4v) is 3.46. The third-order valence-corrected chi connectivity index (χ3v) is 4.73. The second-order valence-electron chi connectivity index (χ2n) is 5.73. The number of aryl methyl sites for hydroxylation is 1. The minimum atomic E-state index is -0.234. The summed E-state index contributed by atoms with van der Waals surface area (Å²) in [7, 11) is 0. The van der Waals surface area contributed by atoms with Crippen LogP contribution < -0.4 is 10.2 Å². The smallest absolute Gasteiger partial charge is 0.226 e.